The highest BCUT2D eigenvalue weighted by Gasteiger charge is 2.26. The number of ether oxygens (including phenoxy) is 2. The second kappa shape index (κ2) is 69.8. The number of carbonyl (C=O) groups is 2. The normalized spacial score (nSPS) is 13.2. The molecule has 0 aromatic heterocycles. The van der Waals surface area contributed by atoms with Gasteiger partial charge in [-0.25, -0.2) is 4.57 Å². The molecule has 0 aliphatic rings. The lowest BCUT2D eigenvalue weighted by molar-refractivity contribution is -0.161. The van der Waals surface area contributed by atoms with Crippen LogP contribution in [0.15, 0.2) is 60.8 Å². The van der Waals surface area contributed by atoms with Gasteiger partial charge in [-0.3, -0.25) is 18.6 Å². The molecule has 0 rings (SSSR count). The maximum absolute atomic E-state index is 12.8. The third-order valence-corrected chi connectivity index (χ3v) is 17.2. The summed E-state index contributed by atoms with van der Waals surface area (Å²) in [4.78, 5) is 35.4. The van der Waals surface area contributed by atoms with Gasteiger partial charge < -0.3 is 20.1 Å². The molecule has 0 radical (unpaired) electrons. The Kier molecular flexibility index (Phi) is 67.9. The Morgan fingerprint density at radius 2 is 0.655 bits per heavy atom. The van der Waals surface area contributed by atoms with E-state index in [9.17, 15) is 19.0 Å². The van der Waals surface area contributed by atoms with Crippen LogP contribution in [-0.4, -0.2) is 49.3 Å². The summed E-state index contributed by atoms with van der Waals surface area (Å²) in [6.45, 7) is 3.70. The minimum atomic E-state index is -4.39. The fourth-order valence-corrected chi connectivity index (χ4v) is 11.6. The number of nitrogens with two attached hydrogens (primary N) is 1. The zero-order chi connectivity index (χ0) is 60.9. The van der Waals surface area contributed by atoms with E-state index in [1.165, 1.54) is 263 Å². The third-order valence-electron chi connectivity index (χ3n) is 16.2. The van der Waals surface area contributed by atoms with Gasteiger partial charge in [-0.15, -0.1) is 0 Å². The molecule has 0 heterocycles. The molecule has 9 nitrogen and oxygen atoms in total. The van der Waals surface area contributed by atoms with Crippen molar-refractivity contribution >= 4 is 19.8 Å². The first kappa shape index (κ1) is 81.7. The van der Waals surface area contributed by atoms with Crippen molar-refractivity contribution in [2.75, 3.05) is 26.4 Å². The van der Waals surface area contributed by atoms with Crippen molar-refractivity contribution in [3.05, 3.63) is 60.8 Å². The molecule has 0 fully saturated rings. The number of carbonyl (C=O) groups excluding carboxylic acids is 2. The van der Waals surface area contributed by atoms with E-state index in [-0.39, 0.29) is 38.6 Å². The van der Waals surface area contributed by atoms with E-state index in [4.69, 9.17) is 24.3 Å². The molecule has 0 aliphatic carbocycles. The molecular weight excluding hydrogens is 1060 g/mol. The van der Waals surface area contributed by atoms with Crippen LogP contribution in [0.3, 0.4) is 0 Å². The summed E-state index contributed by atoms with van der Waals surface area (Å²) in [5.74, 6) is -0.809. The van der Waals surface area contributed by atoms with Crippen LogP contribution in [0.25, 0.3) is 0 Å². The molecule has 2 atom stereocenters. The van der Waals surface area contributed by atoms with E-state index in [1.807, 2.05) is 0 Å². The Hall–Kier alpha value is -2.29. The van der Waals surface area contributed by atoms with E-state index in [1.54, 1.807) is 0 Å². The van der Waals surface area contributed by atoms with Crippen LogP contribution in [0, 0.1) is 0 Å². The van der Waals surface area contributed by atoms with Crippen molar-refractivity contribution in [2.45, 2.75) is 373 Å². The van der Waals surface area contributed by atoms with E-state index in [0.29, 0.717) is 6.42 Å². The van der Waals surface area contributed by atoms with Gasteiger partial charge in [-0.2, -0.15) is 0 Å². The van der Waals surface area contributed by atoms with Crippen LogP contribution < -0.4 is 5.73 Å². The second-order valence-electron chi connectivity index (χ2n) is 24.4. The number of phosphoric acid groups is 1. The Labute approximate surface area is 520 Å². The van der Waals surface area contributed by atoms with Crippen LogP contribution in [0.5, 0.6) is 0 Å². The lowest BCUT2D eigenvalue weighted by Crippen LogP contribution is -2.29. The highest BCUT2D eigenvalue weighted by atomic mass is 31.2. The minimum absolute atomic E-state index is 0.0542. The van der Waals surface area contributed by atoms with Gasteiger partial charge in [0.2, 0.25) is 0 Å². The topological polar surface area (TPSA) is 134 Å². The van der Waals surface area contributed by atoms with E-state index < -0.39 is 26.5 Å². The largest absolute Gasteiger partial charge is 0.472 e. The van der Waals surface area contributed by atoms with Crippen molar-refractivity contribution in [1.82, 2.24) is 0 Å². The van der Waals surface area contributed by atoms with Crippen LogP contribution in [-0.2, 0) is 32.7 Å². The monoisotopic (exact) mass is 1200 g/mol. The van der Waals surface area contributed by atoms with Crippen molar-refractivity contribution in [3.8, 4) is 0 Å². The first-order chi connectivity index (χ1) is 41.3. The standard InChI is InChI=1S/C74H138NO8P/c1-3-5-7-9-11-13-15-17-19-21-23-25-27-29-31-33-35-37-38-40-42-44-46-48-50-52-54-56-58-60-62-64-66-73(76)80-70-72(71-82-84(78,79)81-69-68-75)83-74(77)67-65-63-61-59-57-55-53-51-49-47-45-43-41-39-36-34-32-30-28-26-24-22-20-18-16-14-12-10-8-6-4-2/h6,8,12,14,18,20,24,26,30,32,72H,3-5,7,9-11,13,15-17,19,21-23,25,27-29,31,33-71,75H2,1-2H3,(H,78,79)/b8-6-,14-12-,20-18-,26-24-,32-30-. The maximum Gasteiger partial charge on any atom is 0.472 e. The number of unbranched alkanes of at least 4 members (excludes halogenated alkanes) is 46. The van der Waals surface area contributed by atoms with Crippen molar-refractivity contribution in [3.63, 3.8) is 0 Å². The molecule has 0 aromatic rings. The molecule has 0 bridgehead atoms. The predicted molar refractivity (Wildman–Crippen MR) is 363 cm³/mol. The number of allylic oxidation sites excluding steroid dienone is 10. The quantitative estimate of drug-likeness (QED) is 0.0264. The summed E-state index contributed by atoms with van der Waals surface area (Å²) in [6.07, 6.45) is 90.5. The number of hydrogen-bond acceptors (Lipinski definition) is 8. The molecule has 10 heteroatoms. The molecule has 2 unspecified atom stereocenters. The molecule has 84 heavy (non-hydrogen) atoms. The van der Waals surface area contributed by atoms with Gasteiger partial charge in [0.1, 0.15) is 6.61 Å². The number of esters is 2. The fraction of sp³-hybridized carbons (Fsp3) is 0.838. The molecule has 3 N–H and O–H groups in total. The van der Waals surface area contributed by atoms with Crippen LogP contribution in [0.1, 0.15) is 367 Å². The molecule has 0 aliphatic heterocycles. The second-order valence-corrected chi connectivity index (χ2v) is 25.9. The smallest absolute Gasteiger partial charge is 0.462 e. The van der Waals surface area contributed by atoms with Gasteiger partial charge in [0.25, 0.3) is 0 Å². The predicted octanol–water partition coefficient (Wildman–Crippen LogP) is 23.8. The Morgan fingerprint density at radius 1 is 0.369 bits per heavy atom. The van der Waals surface area contributed by atoms with Gasteiger partial charge >= 0.3 is 19.8 Å². The highest BCUT2D eigenvalue weighted by Crippen LogP contribution is 2.43. The van der Waals surface area contributed by atoms with Gasteiger partial charge in [-0.05, 0) is 57.8 Å². The van der Waals surface area contributed by atoms with Gasteiger partial charge in [0, 0.05) is 19.4 Å². The molecule has 0 saturated carbocycles. The van der Waals surface area contributed by atoms with E-state index >= 15 is 0 Å². The summed E-state index contributed by atoms with van der Waals surface area (Å²) in [7, 11) is -4.39. The molecule has 492 valence electrons. The average Bonchev–Trinajstić information content (AvgIpc) is 3.58. The summed E-state index contributed by atoms with van der Waals surface area (Å²) in [5.41, 5.74) is 5.41. The van der Waals surface area contributed by atoms with E-state index in [2.05, 4.69) is 74.6 Å². The number of phosphoric ester groups is 1. The minimum Gasteiger partial charge on any atom is -0.462 e. The Balaban J connectivity index is 3.82. The zero-order valence-electron chi connectivity index (χ0n) is 55.4. The number of hydrogen-bond donors (Lipinski definition) is 2. The summed E-state index contributed by atoms with van der Waals surface area (Å²) in [5, 5.41) is 0. The molecule has 0 amide bonds. The first-order valence-corrected chi connectivity index (χ1v) is 37.8. The van der Waals surface area contributed by atoms with Crippen LogP contribution in [0.2, 0.25) is 0 Å². The molecule has 0 spiro atoms. The number of rotatable bonds is 69. The van der Waals surface area contributed by atoms with Gasteiger partial charge in [0.05, 0.1) is 13.2 Å². The molecule has 0 aromatic carbocycles. The van der Waals surface area contributed by atoms with Crippen molar-refractivity contribution in [1.29, 1.82) is 0 Å². The van der Waals surface area contributed by atoms with Gasteiger partial charge in [0.15, 0.2) is 6.10 Å². The Morgan fingerprint density at radius 3 is 0.976 bits per heavy atom. The van der Waals surface area contributed by atoms with Crippen LogP contribution in [0.4, 0.5) is 0 Å². The third kappa shape index (κ3) is 68.8. The van der Waals surface area contributed by atoms with Crippen molar-refractivity contribution < 1.29 is 37.6 Å². The summed E-state index contributed by atoms with van der Waals surface area (Å²) < 4.78 is 33.2. The maximum atomic E-state index is 12.8. The summed E-state index contributed by atoms with van der Waals surface area (Å²) in [6, 6.07) is 0. The van der Waals surface area contributed by atoms with Crippen LogP contribution >= 0.6 is 7.82 Å². The fourth-order valence-electron chi connectivity index (χ4n) is 10.8. The van der Waals surface area contributed by atoms with Gasteiger partial charge in [-0.1, -0.05) is 357 Å². The lowest BCUT2D eigenvalue weighted by atomic mass is 10.0. The van der Waals surface area contributed by atoms with Crippen molar-refractivity contribution in [2.24, 2.45) is 5.73 Å². The Bertz CT molecular complexity index is 1560. The zero-order valence-corrected chi connectivity index (χ0v) is 56.3. The lowest BCUT2D eigenvalue weighted by Gasteiger charge is -2.19. The first-order valence-electron chi connectivity index (χ1n) is 36.3. The van der Waals surface area contributed by atoms with E-state index in [0.717, 1.165) is 70.6 Å². The average molecular weight is 1200 g/mol. The molecular formula is C74H138NO8P. The summed E-state index contributed by atoms with van der Waals surface area (Å²) >= 11 is 0. The highest BCUT2D eigenvalue weighted by molar-refractivity contribution is 7.47. The molecule has 0 saturated heterocycles. The SMILES string of the molecule is CC/C=C\C/C=C\C/C=C\C/C=C\C/C=C\CCCCCCCCCCCCCCCCCC(=O)OC(COC(=O)CCCCCCCCCCCCCCCCCCCCCCCCCCCCCCCCCC)COP(=O)(O)OCCN.